The molecule has 0 N–H and O–H groups in total. The van der Waals surface area contributed by atoms with Crippen molar-refractivity contribution in [3.8, 4) is 6.07 Å². The van der Waals surface area contributed by atoms with Crippen LogP contribution < -0.4 is 0 Å². The zero-order valence-corrected chi connectivity index (χ0v) is 12.2. The van der Waals surface area contributed by atoms with Crippen LogP contribution in [0.1, 0.15) is 18.1 Å². The van der Waals surface area contributed by atoms with Crippen LogP contribution in [0, 0.1) is 17.2 Å². The van der Waals surface area contributed by atoms with Crippen LogP contribution >= 0.6 is 0 Å². The van der Waals surface area contributed by atoms with Gasteiger partial charge in [-0.2, -0.15) is 5.26 Å². The number of carbonyl (C=O) groups excluding carboxylic acids is 2. The van der Waals surface area contributed by atoms with Crippen LogP contribution in [0.5, 0.6) is 0 Å². The molecule has 1 aliphatic carbocycles. The van der Waals surface area contributed by atoms with Gasteiger partial charge in [0, 0.05) is 0 Å². The molecule has 1 aromatic carbocycles. The molecule has 0 unspecified atom stereocenters. The highest BCUT2D eigenvalue weighted by molar-refractivity contribution is 5.95. The molecule has 22 heavy (non-hydrogen) atoms. The molecule has 0 heterocycles. The Morgan fingerprint density at radius 3 is 2.41 bits per heavy atom. The highest BCUT2D eigenvalue weighted by Crippen LogP contribution is 2.16. The third kappa shape index (κ3) is 3.61. The first-order valence-corrected chi connectivity index (χ1v) is 6.98. The van der Waals surface area contributed by atoms with E-state index in [0.29, 0.717) is 5.56 Å². The van der Waals surface area contributed by atoms with Gasteiger partial charge in [-0.3, -0.25) is 4.79 Å². The molecule has 1 aliphatic rings. The number of benzene rings is 1. The number of ether oxygens (including phenoxy) is 1. The first-order valence-electron chi connectivity index (χ1n) is 6.98. The molecule has 0 bridgehead atoms. The third-order valence-electron chi connectivity index (χ3n) is 3.21. The van der Waals surface area contributed by atoms with E-state index in [1.807, 2.05) is 6.07 Å². The molecule has 5 heteroatoms. The maximum absolute atomic E-state index is 12.5. The van der Waals surface area contributed by atoms with E-state index in [0.717, 1.165) is 10.5 Å². The molecule has 0 aromatic heterocycles. The molecular weight excluding hydrogens is 280 g/mol. The van der Waals surface area contributed by atoms with Crippen molar-refractivity contribution in [2.75, 3.05) is 6.61 Å². The topological polar surface area (TPSA) is 70.4 Å². The fourth-order valence-corrected chi connectivity index (χ4v) is 2.08. The fraction of sp³-hybridized carbons (Fsp3) is 0.235. The number of hydrogen-bond donors (Lipinski definition) is 0. The largest absolute Gasteiger partial charge is 0.449 e. The maximum Gasteiger partial charge on any atom is 0.416 e. The molecule has 0 atom stereocenters. The van der Waals surface area contributed by atoms with Crippen molar-refractivity contribution in [1.82, 2.24) is 4.90 Å². The van der Waals surface area contributed by atoms with Gasteiger partial charge in [0.15, 0.2) is 0 Å². The number of nitriles is 1. The fourth-order valence-electron chi connectivity index (χ4n) is 2.08. The van der Waals surface area contributed by atoms with Gasteiger partial charge in [-0.1, -0.05) is 36.4 Å². The zero-order valence-electron chi connectivity index (χ0n) is 12.2. The Kier molecular flexibility index (Phi) is 5.10. The van der Waals surface area contributed by atoms with Gasteiger partial charge in [-0.05, 0) is 24.6 Å². The molecule has 0 radical (unpaired) electrons. The standard InChI is InChI=1S/C17H16N2O3/c1-2-22-17(21)19(16(20)15-5-3-4-6-15)12-14-9-7-13(11-18)8-10-14/h3-10,15H,2,12H2,1H3. The molecule has 0 saturated carbocycles. The summed E-state index contributed by atoms with van der Waals surface area (Å²) in [6, 6.07) is 8.77. The number of nitrogens with zero attached hydrogens (tertiary/aromatic N) is 2. The van der Waals surface area contributed by atoms with Gasteiger partial charge in [-0.25, -0.2) is 9.69 Å². The molecule has 2 rings (SSSR count). The van der Waals surface area contributed by atoms with E-state index in [1.54, 1.807) is 55.5 Å². The van der Waals surface area contributed by atoms with Gasteiger partial charge < -0.3 is 4.74 Å². The maximum atomic E-state index is 12.5. The van der Waals surface area contributed by atoms with Crippen LogP contribution in [-0.2, 0) is 16.1 Å². The Morgan fingerprint density at radius 2 is 1.86 bits per heavy atom. The van der Waals surface area contributed by atoms with Crippen LogP contribution in [0.25, 0.3) is 0 Å². The minimum absolute atomic E-state index is 0.113. The number of rotatable bonds is 4. The zero-order chi connectivity index (χ0) is 15.9. The summed E-state index contributed by atoms with van der Waals surface area (Å²) in [5.74, 6) is -0.768. The summed E-state index contributed by atoms with van der Waals surface area (Å²) in [6.07, 6.45) is 6.34. The molecule has 0 saturated heterocycles. The minimum Gasteiger partial charge on any atom is -0.449 e. The smallest absolute Gasteiger partial charge is 0.416 e. The summed E-state index contributed by atoms with van der Waals surface area (Å²) < 4.78 is 4.97. The summed E-state index contributed by atoms with van der Waals surface area (Å²) >= 11 is 0. The lowest BCUT2D eigenvalue weighted by Crippen LogP contribution is -2.39. The van der Waals surface area contributed by atoms with E-state index in [1.165, 1.54) is 0 Å². The first-order chi connectivity index (χ1) is 10.7. The van der Waals surface area contributed by atoms with E-state index < -0.39 is 12.0 Å². The lowest BCUT2D eigenvalue weighted by atomic mass is 10.1. The number of hydrogen-bond acceptors (Lipinski definition) is 4. The third-order valence-corrected chi connectivity index (χ3v) is 3.21. The van der Waals surface area contributed by atoms with E-state index in [4.69, 9.17) is 10.00 Å². The van der Waals surface area contributed by atoms with Crippen LogP contribution in [0.4, 0.5) is 4.79 Å². The molecule has 1 aromatic rings. The van der Waals surface area contributed by atoms with Gasteiger partial charge in [-0.15, -0.1) is 0 Å². The van der Waals surface area contributed by atoms with Crippen molar-refractivity contribution in [3.63, 3.8) is 0 Å². The van der Waals surface area contributed by atoms with Crippen molar-refractivity contribution in [3.05, 3.63) is 59.7 Å². The molecule has 0 aliphatic heterocycles. The van der Waals surface area contributed by atoms with Crippen molar-refractivity contribution in [1.29, 1.82) is 5.26 Å². The predicted octanol–water partition coefficient (Wildman–Crippen LogP) is 2.79. The van der Waals surface area contributed by atoms with E-state index in [2.05, 4.69) is 0 Å². The normalized spacial score (nSPS) is 12.9. The average Bonchev–Trinajstić information content (AvgIpc) is 3.07. The molecule has 0 fully saturated rings. The quantitative estimate of drug-likeness (QED) is 0.856. The van der Waals surface area contributed by atoms with Gasteiger partial charge in [0.1, 0.15) is 0 Å². The van der Waals surface area contributed by atoms with Crippen molar-refractivity contribution >= 4 is 12.0 Å². The van der Waals surface area contributed by atoms with Crippen LogP contribution in [0.2, 0.25) is 0 Å². The van der Waals surface area contributed by atoms with E-state index in [9.17, 15) is 9.59 Å². The van der Waals surface area contributed by atoms with E-state index >= 15 is 0 Å². The molecular formula is C17H16N2O3. The Hall–Kier alpha value is -2.87. The first kappa shape index (κ1) is 15.5. The summed E-state index contributed by atoms with van der Waals surface area (Å²) in [4.78, 5) is 25.6. The summed E-state index contributed by atoms with van der Waals surface area (Å²) in [6.45, 7) is 2.01. The van der Waals surface area contributed by atoms with Crippen LogP contribution in [-0.4, -0.2) is 23.5 Å². The predicted molar refractivity (Wildman–Crippen MR) is 80.5 cm³/mol. The average molecular weight is 296 g/mol. The lowest BCUT2D eigenvalue weighted by molar-refractivity contribution is -0.131. The Bertz CT molecular complexity index is 641. The second-order valence-corrected chi connectivity index (χ2v) is 4.73. The Morgan fingerprint density at radius 1 is 1.23 bits per heavy atom. The molecule has 2 amide bonds. The number of carbonyl (C=O) groups is 2. The highest BCUT2D eigenvalue weighted by atomic mass is 16.6. The second kappa shape index (κ2) is 7.23. The number of imide groups is 1. The summed E-state index contributed by atoms with van der Waals surface area (Å²) in [5.41, 5.74) is 1.28. The monoisotopic (exact) mass is 296 g/mol. The van der Waals surface area contributed by atoms with Crippen LogP contribution in [0.15, 0.2) is 48.6 Å². The second-order valence-electron chi connectivity index (χ2n) is 4.73. The highest BCUT2D eigenvalue weighted by Gasteiger charge is 2.28. The molecule has 0 spiro atoms. The van der Waals surface area contributed by atoms with Gasteiger partial charge in [0.2, 0.25) is 5.91 Å². The van der Waals surface area contributed by atoms with Gasteiger partial charge in [0.25, 0.3) is 0 Å². The van der Waals surface area contributed by atoms with Crippen molar-refractivity contribution in [2.45, 2.75) is 13.5 Å². The van der Waals surface area contributed by atoms with Crippen molar-refractivity contribution < 1.29 is 14.3 Å². The SMILES string of the molecule is CCOC(=O)N(Cc1ccc(C#N)cc1)C(=O)C1C=CC=C1. The summed E-state index contributed by atoms with van der Waals surface area (Å²) in [7, 11) is 0. The van der Waals surface area contributed by atoms with Gasteiger partial charge in [0.05, 0.1) is 30.7 Å². The van der Waals surface area contributed by atoms with Crippen LogP contribution in [0.3, 0.4) is 0 Å². The molecule has 5 nitrogen and oxygen atoms in total. The summed E-state index contributed by atoms with van der Waals surface area (Å²) in [5, 5.41) is 8.80. The van der Waals surface area contributed by atoms with E-state index in [-0.39, 0.29) is 19.1 Å². The molecule has 112 valence electrons. The van der Waals surface area contributed by atoms with Gasteiger partial charge >= 0.3 is 6.09 Å². The number of amides is 2. The lowest BCUT2D eigenvalue weighted by Gasteiger charge is -2.22. The Labute approximate surface area is 129 Å². The minimum atomic E-state index is -0.662. The number of allylic oxidation sites excluding steroid dienone is 2. The van der Waals surface area contributed by atoms with Crippen molar-refractivity contribution in [2.24, 2.45) is 5.92 Å². The Balaban J connectivity index is 2.18.